The van der Waals surface area contributed by atoms with Crippen LogP contribution >= 0.6 is 0 Å². The van der Waals surface area contributed by atoms with E-state index in [1.54, 1.807) is 4.68 Å². The van der Waals surface area contributed by atoms with Gasteiger partial charge in [0, 0.05) is 12.2 Å². The molecule has 3 atom stereocenters. The number of aryl methyl sites for hydroxylation is 1. The maximum atomic E-state index is 13.0. The highest BCUT2D eigenvalue weighted by Gasteiger charge is 2.36. The van der Waals surface area contributed by atoms with Gasteiger partial charge in [-0.05, 0) is 56.4 Å². The van der Waals surface area contributed by atoms with Crippen molar-refractivity contribution in [1.29, 1.82) is 0 Å². The summed E-state index contributed by atoms with van der Waals surface area (Å²) in [6.07, 6.45) is 6.73. The van der Waals surface area contributed by atoms with E-state index < -0.39 is 17.7 Å². The van der Waals surface area contributed by atoms with Crippen LogP contribution in [0.4, 0.5) is 14.9 Å². The molecule has 1 aliphatic carbocycles. The molecule has 2 amide bonds. The summed E-state index contributed by atoms with van der Waals surface area (Å²) in [6.45, 7) is 0.382. The van der Waals surface area contributed by atoms with Crippen molar-refractivity contribution in [3.05, 3.63) is 42.0 Å². The largest absolute Gasteiger partial charge is 0.394 e. The van der Waals surface area contributed by atoms with Crippen LogP contribution in [0.5, 0.6) is 0 Å². The third-order valence-electron chi connectivity index (χ3n) is 6.34. The second-order valence-corrected chi connectivity index (χ2v) is 8.66. The van der Waals surface area contributed by atoms with Crippen molar-refractivity contribution >= 4 is 11.7 Å². The fraction of sp³-hybridized carbons (Fsp3) is 0.591. The summed E-state index contributed by atoms with van der Waals surface area (Å²) < 4.78 is 20.7. The number of ether oxygens (including phenoxy) is 1. The zero-order valence-corrected chi connectivity index (χ0v) is 17.9. The van der Waals surface area contributed by atoms with Gasteiger partial charge in [0.1, 0.15) is 23.2 Å². The molecule has 4 rings (SSSR count). The monoisotopic (exact) mass is 447 g/mol. The van der Waals surface area contributed by atoms with E-state index in [4.69, 9.17) is 4.74 Å². The van der Waals surface area contributed by atoms with Gasteiger partial charge in [-0.15, -0.1) is 5.10 Å². The Balaban J connectivity index is 1.25. The molecule has 2 aliphatic rings. The van der Waals surface area contributed by atoms with Crippen LogP contribution in [0.15, 0.2) is 30.5 Å². The van der Waals surface area contributed by atoms with Gasteiger partial charge < -0.3 is 25.6 Å². The van der Waals surface area contributed by atoms with E-state index in [2.05, 4.69) is 20.9 Å². The number of hydrogen-bond donors (Lipinski definition) is 4. The van der Waals surface area contributed by atoms with Crippen LogP contribution < -0.4 is 10.6 Å². The van der Waals surface area contributed by atoms with Gasteiger partial charge in [0.05, 0.1) is 24.9 Å². The normalized spacial score (nSPS) is 24.9. The Morgan fingerprint density at radius 2 is 2.00 bits per heavy atom. The highest BCUT2D eigenvalue weighted by Crippen LogP contribution is 2.37. The van der Waals surface area contributed by atoms with Gasteiger partial charge in [-0.1, -0.05) is 18.1 Å². The molecule has 32 heavy (non-hydrogen) atoms. The predicted molar refractivity (Wildman–Crippen MR) is 114 cm³/mol. The summed E-state index contributed by atoms with van der Waals surface area (Å²) in [4.78, 5) is 12.3. The topological polar surface area (TPSA) is 122 Å². The number of carbonyl (C=O) groups excluding carboxylic acids is 1. The highest BCUT2D eigenvalue weighted by atomic mass is 19.1. The number of aliphatic hydroxyl groups is 2. The predicted octanol–water partition coefficient (Wildman–Crippen LogP) is 2.30. The Bertz CT molecular complexity index is 900. The molecule has 4 N–H and O–H groups in total. The molecule has 10 heteroatoms. The van der Waals surface area contributed by atoms with Crippen molar-refractivity contribution in [2.24, 2.45) is 0 Å². The number of carbonyl (C=O) groups is 1. The molecule has 2 heterocycles. The number of benzene rings is 1. The van der Waals surface area contributed by atoms with E-state index in [-0.39, 0.29) is 24.6 Å². The third-order valence-corrected chi connectivity index (χ3v) is 6.34. The summed E-state index contributed by atoms with van der Waals surface area (Å²) in [5.41, 5.74) is 0.257. The van der Waals surface area contributed by atoms with Gasteiger partial charge in [0.25, 0.3) is 0 Å². The second kappa shape index (κ2) is 9.93. The molecule has 0 radical (unpaired) electrons. The molecule has 0 unspecified atom stereocenters. The smallest absolute Gasteiger partial charge is 0.319 e. The van der Waals surface area contributed by atoms with E-state index >= 15 is 0 Å². The number of nitrogens with zero attached hydrogens (tertiary/aromatic N) is 3. The lowest BCUT2D eigenvalue weighted by Crippen LogP contribution is -2.52. The van der Waals surface area contributed by atoms with E-state index in [0.29, 0.717) is 30.8 Å². The number of amides is 2. The number of halogens is 1. The molecule has 9 nitrogen and oxygen atoms in total. The van der Waals surface area contributed by atoms with Crippen molar-refractivity contribution in [3.63, 3.8) is 0 Å². The fourth-order valence-corrected chi connectivity index (χ4v) is 4.49. The van der Waals surface area contributed by atoms with Crippen molar-refractivity contribution in [1.82, 2.24) is 20.3 Å². The van der Waals surface area contributed by atoms with Gasteiger partial charge >= 0.3 is 6.03 Å². The summed E-state index contributed by atoms with van der Waals surface area (Å²) in [5, 5.41) is 34.2. The maximum absolute atomic E-state index is 13.0. The van der Waals surface area contributed by atoms with Gasteiger partial charge in [-0.3, -0.25) is 4.68 Å². The SMILES string of the molecule is O=C(Nc1ccc(F)cc1)N[C@H]1CC[C@@H](CCn2cc(C3(O)CCCC3)nn2)O[C@@H]1CO. The Morgan fingerprint density at radius 3 is 2.72 bits per heavy atom. The van der Waals surface area contributed by atoms with Gasteiger partial charge in [0.15, 0.2) is 0 Å². The van der Waals surface area contributed by atoms with Gasteiger partial charge in [0.2, 0.25) is 0 Å². The van der Waals surface area contributed by atoms with Crippen LogP contribution in [-0.2, 0) is 16.9 Å². The van der Waals surface area contributed by atoms with E-state index in [0.717, 1.165) is 32.1 Å². The zero-order valence-electron chi connectivity index (χ0n) is 17.9. The Hall–Kier alpha value is -2.56. The molecule has 1 saturated carbocycles. The first-order chi connectivity index (χ1) is 15.4. The molecule has 1 aromatic carbocycles. The number of aromatic nitrogens is 3. The van der Waals surface area contributed by atoms with Crippen LogP contribution in [0.25, 0.3) is 0 Å². The minimum absolute atomic E-state index is 0.0763. The van der Waals surface area contributed by atoms with Gasteiger partial charge in [-0.2, -0.15) is 0 Å². The van der Waals surface area contributed by atoms with Crippen LogP contribution in [0, 0.1) is 5.82 Å². The first kappa shape index (κ1) is 22.6. The van der Waals surface area contributed by atoms with Crippen LogP contribution in [0.3, 0.4) is 0 Å². The van der Waals surface area contributed by atoms with Crippen LogP contribution in [-0.4, -0.2) is 56.1 Å². The Kier molecular flexibility index (Phi) is 7.02. The first-order valence-corrected chi connectivity index (χ1v) is 11.2. The Labute approximate surface area is 186 Å². The average Bonchev–Trinajstić information content (AvgIpc) is 3.45. The van der Waals surface area contributed by atoms with Gasteiger partial charge in [-0.25, -0.2) is 9.18 Å². The Morgan fingerprint density at radius 1 is 1.25 bits per heavy atom. The molecular formula is C22H30FN5O4. The number of anilines is 1. The summed E-state index contributed by atoms with van der Waals surface area (Å²) >= 11 is 0. The fourth-order valence-electron chi connectivity index (χ4n) is 4.49. The van der Waals surface area contributed by atoms with E-state index in [1.807, 2.05) is 6.20 Å². The summed E-state index contributed by atoms with van der Waals surface area (Å²) in [6, 6.07) is 4.74. The number of nitrogens with one attached hydrogen (secondary N) is 2. The minimum Gasteiger partial charge on any atom is -0.394 e. The maximum Gasteiger partial charge on any atom is 0.319 e. The van der Waals surface area contributed by atoms with Crippen LogP contribution in [0.1, 0.15) is 50.6 Å². The van der Waals surface area contributed by atoms with Crippen LogP contribution in [0.2, 0.25) is 0 Å². The summed E-state index contributed by atoms with van der Waals surface area (Å²) in [7, 11) is 0. The van der Waals surface area contributed by atoms with Crippen molar-refractivity contribution in [2.45, 2.75) is 75.3 Å². The number of rotatable bonds is 7. The van der Waals surface area contributed by atoms with Crippen molar-refractivity contribution in [3.8, 4) is 0 Å². The highest BCUT2D eigenvalue weighted by molar-refractivity contribution is 5.89. The van der Waals surface area contributed by atoms with E-state index in [9.17, 15) is 19.4 Å². The minimum atomic E-state index is -0.852. The zero-order chi connectivity index (χ0) is 22.6. The lowest BCUT2D eigenvalue weighted by atomic mass is 9.97. The summed E-state index contributed by atoms with van der Waals surface area (Å²) in [5.74, 6) is -0.375. The molecule has 1 aromatic heterocycles. The molecule has 1 saturated heterocycles. The lowest BCUT2D eigenvalue weighted by molar-refractivity contribution is -0.0905. The molecule has 2 aromatic rings. The molecule has 174 valence electrons. The molecule has 0 bridgehead atoms. The molecule has 1 aliphatic heterocycles. The van der Waals surface area contributed by atoms with Crippen molar-refractivity contribution < 1.29 is 24.1 Å². The average molecular weight is 448 g/mol. The quantitative estimate of drug-likeness (QED) is 0.517. The second-order valence-electron chi connectivity index (χ2n) is 8.66. The number of hydrogen-bond acceptors (Lipinski definition) is 6. The van der Waals surface area contributed by atoms with E-state index in [1.165, 1.54) is 24.3 Å². The molecular weight excluding hydrogens is 417 g/mol. The standard InChI is InChI=1S/C22H30FN5O4/c23-15-3-5-16(6-4-15)24-21(30)25-18-8-7-17(32-19(18)14-29)9-12-28-13-20(26-27-28)22(31)10-1-2-11-22/h3-6,13,17-19,29,31H,1-2,7-12,14H2,(H2,24,25,30)/t17-,18-,19+/m0/s1. The molecule has 2 fully saturated rings. The third kappa shape index (κ3) is 5.43. The lowest BCUT2D eigenvalue weighted by Gasteiger charge is -2.36. The number of aliphatic hydroxyl groups excluding tert-OH is 1. The molecule has 0 spiro atoms. The van der Waals surface area contributed by atoms with Crippen molar-refractivity contribution in [2.75, 3.05) is 11.9 Å². The number of urea groups is 1. The first-order valence-electron chi connectivity index (χ1n) is 11.2.